The monoisotopic (exact) mass is 1930 g/mol. The molecule has 10 nitrogen and oxygen atoms in total. The minimum Gasteiger partial charge on any atom is -0.309 e. The molecule has 13 heteroatoms. The Bertz CT molecular complexity index is 10000. The summed E-state index contributed by atoms with van der Waals surface area (Å²) in [6.45, 7) is 2.09. The van der Waals surface area contributed by atoms with E-state index in [4.69, 9.17) is 34.9 Å². The normalized spacial score (nSPS) is 11.7. The molecule has 0 N–H and O–H groups in total. The average molecular weight is 1930 g/mol. The summed E-state index contributed by atoms with van der Waals surface area (Å²) < 4.78 is 14.6. The number of benzene rings is 20. The van der Waals surface area contributed by atoms with Gasteiger partial charge in [0, 0.05) is 133 Å². The van der Waals surface area contributed by atoms with E-state index in [0.717, 1.165) is 99.2 Å². The smallest absolute Gasteiger partial charge is 0.238 e. The van der Waals surface area contributed by atoms with Crippen LogP contribution in [0, 0.1) is 0 Å². The molecule has 0 spiro atoms. The van der Waals surface area contributed by atoms with Gasteiger partial charge in [-0.2, -0.15) is 19.9 Å². The first-order valence-corrected chi connectivity index (χ1v) is 51.9. The molecular formula is C134H86N10S3. The lowest BCUT2D eigenvalue weighted by molar-refractivity contribution is 0.955. The lowest BCUT2D eigenvalue weighted by Gasteiger charge is -2.12. The molecule has 0 radical (unpaired) electrons. The summed E-state index contributed by atoms with van der Waals surface area (Å²) in [5.41, 5.74) is 29.3. The molecule has 20 aromatic carbocycles. The van der Waals surface area contributed by atoms with Crippen molar-refractivity contribution < 1.29 is 0 Å². The minimum absolute atomic E-state index is 0.559. The van der Waals surface area contributed by atoms with Gasteiger partial charge in [-0.25, -0.2) is 9.97 Å². The van der Waals surface area contributed by atoms with Crippen LogP contribution in [0.4, 0.5) is 0 Å². The number of thiophene rings is 3. The number of nitrogens with zero attached hydrogens (tertiary/aromatic N) is 10. The first kappa shape index (κ1) is 87.4. The fraction of sp³-hybridized carbons (Fsp3) is 0.00746. The Morgan fingerprint density at radius 2 is 0.565 bits per heavy atom. The highest BCUT2D eigenvalue weighted by Crippen LogP contribution is 2.54. The van der Waals surface area contributed by atoms with Crippen molar-refractivity contribution in [1.82, 2.24) is 48.6 Å². The molecule has 0 saturated carbocycles. The molecule has 147 heavy (non-hydrogen) atoms. The van der Waals surface area contributed by atoms with Crippen molar-refractivity contribution in [2.45, 2.75) is 6.92 Å². The Morgan fingerprint density at radius 3 is 0.993 bits per heavy atom. The minimum atomic E-state index is 0.559. The summed E-state index contributed by atoms with van der Waals surface area (Å²) in [6, 6.07) is 172. The van der Waals surface area contributed by atoms with E-state index < -0.39 is 0 Å². The molecule has 0 aliphatic rings. The molecule has 690 valence electrons. The molecule has 9 aromatic heterocycles. The Balaban J connectivity index is 0.000000111. The summed E-state index contributed by atoms with van der Waals surface area (Å²) in [5.74, 6) is 3.64. The number of rotatable bonds is 15. The topological polar surface area (TPSA) is 105 Å². The van der Waals surface area contributed by atoms with E-state index in [1.807, 2.05) is 119 Å². The molecule has 0 amide bonds. The summed E-state index contributed by atoms with van der Waals surface area (Å²) in [7, 11) is 0. The second-order valence-electron chi connectivity index (χ2n) is 36.8. The first-order chi connectivity index (χ1) is 72.9. The van der Waals surface area contributed by atoms with Crippen molar-refractivity contribution in [2.75, 3.05) is 0 Å². The maximum absolute atomic E-state index is 5.32. The SMILES string of the molecule is C/C=C/c1cc2c3cc(-c4ccccc4)ccc3n(-c3nc(-c4ccccc4)nc(-c4ccccc4)n3)c2c2c1sc1c(-c3ccccc3)cccc12.c1ccc(-c2ccc3c(c2)c2c(-c4ccccn4)cc4sc5c(-c6ccccc6)cccc5c4c2n3-c2nc(-c3ccccc3)nc(-c3ccccc3)n2)cc1.c1ccc(-c2ccc3c(c2)c2ccc4sc5c(-c6ccccc6)cccc5c4c2n3-c2ccccc2)cc1. The van der Waals surface area contributed by atoms with Gasteiger partial charge in [0.25, 0.3) is 0 Å². The Kier molecular flexibility index (Phi) is 22.2. The third-order valence-electron chi connectivity index (χ3n) is 28.1. The van der Waals surface area contributed by atoms with E-state index in [9.17, 15) is 0 Å². The lowest BCUT2D eigenvalue weighted by atomic mass is 9.97. The van der Waals surface area contributed by atoms with Gasteiger partial charge < -0.3 is 4.57 Å². The summed E-state index contributed by atoms with van der Waals surface area (Å²) in [5, 5.41) is 14.5. The highest BCUT2D eigenvalue weighted by atomic mass is 32.1. The van der Waals surface area contributed by atoms with E-state index in [0.29, 0.717) is 35.2 Å². The molecule has 0 atom stereocenters. The van der Waals surface area contributed by atoms with Gasteiger partial charge in [0.1, 0.15) is 0 Å². The Labute approximate surface area is 859 Å². The summed E-state index contributed by atoms with van der Waals surface area (Å²) in [4.78, 5) is 36.3. The molecule has 29 rings (SSSR count). The van der Waals surface area contributed by atoms with Crippen LogP contribution in [0.15, 0.2) is 498 Å². The molecule has 0 saturated heterocycles. The Hall–Kier alpha value is -18.6. The maximum atomic E-state index is 5.32. The molecule has 9 heterocycles. The number of pyridine rings is 1. The van der Waals surface area contributed by atoms with Crippen molar-refractivity contribution in [1.29, 1.82) is 0 Å². The third kappa shape index (κ3) is 15.6. The largest absolute Gasteiger partial charge is 0.309 e. The van der Waals surface area contributed by atoms with Gasteiger partial charge in [-0.05, 0) is 158 Å². The van der Waals surface area contributed by atoms with Crippen molar-refractivity contribution in [3.05, 3.63) is 503 Å². The second kappa shape index (κ2) is 37.3. The van der Waals surface area contributed by atoms with E-state index in [2.05, 4.69) is 439 Å². The third-order valence-corrected chi connectivity index (χ3v) is 31.7. The van der Waals surface area contributed by atoms with Crippen LogP contribution in [0.5, 0.6) is 0 Å². The molecule has 0 aliphatic carbocycles. The van der Waals surface area contributed by atoms with E-state index in [1.54, 1.807) is 0 Å². The van der Waals surface area contributed by atoms with Gasteiger partial charge in [-0.15, -0.1) is 34.0 Å². The molecule has 0 unspecified atom stereocenters. The van der Waals surface area contributed by atoms with Gasteiger partial charge in [-0.3, -0.25) is 14.1 Å². The average Bonchev–Trinajstić information content (AvgIpc) is 1.54. The molecular weight excluding hydrogens is 1850 g/mol. The lowest BCUT2D eigenvalue weighted by Crippen LogP contribution is -2.06. The first-order valence-electron chi connectivity index (χ1n) is 49.4. The van der Waals surface area contributed by atoms with Crippen LogP contribution in [-0.2, 0) is 0 Å². The molecule has 0 fully saturated rings. The van der Waals surface area contributed by atoms with Crippen LogP contribution in [0.25, 0.3) is 273 Å². The van der Waals surface area contributed by atoms with Gasteiger partial charge in [0.2, 0.25) is 11.9 Å². The van der Waals surface area contributed by atoms with Crippen LogP contribution < -0.4 is 0 Å². The zero-order valence-corrected chi connectivity index (χ0v) is 82.1. The number of para-hydroxylation sites is 1. The van der Waals surface area contributed by atoms with E-state index >= 15 is 0 Å². The van der Waals surface area contributed by atoms with Gasteiger partial charge in [0.05, 0.1) is 38.8 Å². The van der Waals surface area contributed by atoms with E-state index in [1.165, 1.54) is 138 Å². The standard InChI is InChI=1S/C50H31N5S.C48H32N4S.C36H23NS/c1-5-16-32(17-6-1)36-27-28-42-40(30-36)44-39(41-26-13-14-29-51-41)31-43-45(38-25-15-24-37(47(38)56-43)33-18-7-2-8-19-33)46(44)55(42)50-53-48(34-20-9-3-10-21-34)52-49(54-50)35-22-11-4-12-23-35;1-2-16-36-30-40-39-29-35(31-17-7-3-8-18-31)27-28-41(39)52(43(40)42-38-26-15-25-37(45(38)53-44(36)42)32-19-9-4-10-20-32)48-50-46(33-21-11-5-12-22-33)49-47(51-48)34-23-13-6-14-24-34;1-4-11-24(12-5-1)26-19-21-32-31(23-26)29-20-22-33-34(35(29)37(32)27-15-8-3-9-16-27)30-18-10-17-28(36(30)38-33)25-13-6-2-7-14-25/h1-31H;2-30H,1H3;1-23H/b;16-2+;. The summed E-state index contributed by atoms with van der Waals surface area (Å²) >= 11 is 5.59. The van der Waals surface area contributed by atoms with Crippen LogP contribution in [0.1, 0.15) is 12.5 Å². The van der Waals surface area contributed by atoms with Crippen molar-refractivity contribution >= 4 is 166 Å². The van der Waals surface area contributed by atoms with Crippen LogP contribution in [0.2, 0.25) is 0 Å². The molecule has 0 bridgehead atoms. The zero-order chi connectivity index (χ0) is 97.4. The Morgan fingerprint density at radius 1 is 0.211 bits per heavy atom. The van der Waals surface area contributed by atoms with Gasteiger partial charge in [0.15, 0.2) is 23.3 Å². The van der Waals surface area contributed by atoms with Crippen LogP contribution in [-0.4, -0.2) is 48.6 Å². The van der Waals surface area contributed by atoms with Gasteiger partial charge >= 0.3 is 0 Å². The molecule has 0 aliphatic heterocycles. The highest BCUT2D eigenvalue weighted by Gasteiger charge is 2.30. The quantitative estimate of drug-likeness (QED) is 0.101. The number of allylic oxidation sites excluding steroid dienone is 1. The number of aromatic nitrogens is 10. The van der Waals surface area contributed by atoms with Crippen molar-refractivity contribution in [3.63, 3.8) is 0 Å². The van der Waals surface area contributed by atoms with Crippen molar-refractivity contribution in [3.8, 4) is 141 Å². The summed E-state index contributed by atoms with van der Waals surface area (Å²) in [6.07, 6.45) is 6.26. The number of hydrogen-bond donors (Lipinski definition) is 0. The maximum Gasteiger partial charge on any atom is 0.238 e. The highest BCUT2D eigenvalue weighted by molar-refractivity contribution is 7.27. The van der Waals surface area contributed by atoms with Crippen molar-refractivity contribution in [2.24, 2.45) is 0 Å². The fourth-order valence-corrected chi connectivity index (χ4v) is 25.3. The zero-order valence-electron chi connectivity index (χ0n) is 79.6. The predicted octanol–water partition coefficient (Wildman–Crippen LogP) is 36.6. The van der Waals surface area contributed by atoms with Crippen LogP contribution in [0.3, 0.4) is 0 Å². The molecule has 29 aromatic rings. The fourth-order valence-electron chi connectivity index (χ4n) is 21.4. The predicted molar refractivity (Wildman–Crippen MR) is 620 cm³/mol. The number of fused-ring (bicyclic) bond motifs is 21. The second-order valence-corrected chi connectivity index (χ2v) is 39.9. The van der Waals surface area contributed by atoms with Gasteiger partial charge in [-0.1, -0.05) is 419 Å². The van der Waals surface area contributed by atoms with E-state index in [-0.39, 0.29) is 0 Å². The van der Waals surface area contributed by atoms with Crippen LogP contribution >= 0.6 is 34.0 Å². The number of hydrogen-bond acceptors (Lipinski definition) is 10.